The van der Waals surface area contributed by atoms with Crippen molar-refractivity contribution in [3.8, 4) is 0 Å². The standard InChI is InChI=1S/C20H28N6/c1-16-18(17-12-24-25(2)14-17)13-23-22-10-6-19(16)26-11-5-8-20(15-26)7-3-4-9-21-20/h6,10,12-14,21,23H,1,3-5,7-9,11,15H2,2H3/b18-13+,19-6?,22-10-. The lowest BCUT2D eigenvalue weighted by Gasteiger charge is -2.47. The van der Waals surface area contributed by atoms with Gasteiger partial charge in [0.1, 0.15) is 0 Å². The number of hydrogen-bond donors (Lipinski definition) is 2. The molecule has 138 valence electrons. The number of nitrogens with zero attached hydrogens (tertiary/aromatic N) is 4. The summed E-state index contributed by atoms with van der Waals surface area (Å²) in [6, 6.07) is 0. The summed E-state index contributed by atoms with van der Waals surface area (Å²) in [7, 11) is 1.93. The molecule has 3 aliphatic heterocycles. The molecule has 6 nitrogen and oxygen atoms in total. The van der Waals surface area contributed by atoms with Crippen LogP contribution >= 0.6 is 0 Å². The van der Waals surface area contributed by atoms with Crippen LogP contribution in [0.5, 0.6) is 0 Å². The third-order valence-corrected chi connectivity index (χ3v) is 5.74. The highest BCUT2D eigenvalue weighted by molar-refractivity contribution is 5.86. The van der Waals surface area contributed by atoms with Gasteiger partial charge in [-0.2, -0.15) is 10.2 Å². The van der Waals surface area contributed by atoms with Gasteiger partial charge in [0.25, 0.3) is 0 Å². The van der Waals surface area contributed by atoms with E-state index in [9.17, 15) is 0 Å². The third-order valence-electron chi connectivity index (χ3n) is 5.74. The molecule has 26 heavy (non-hydrogen) atoms. The summed E-state index contributed by atoms with van der Waals surface area (Å²) >= 11 is 0. The number of allylic oxidation sites excluding steroid dienone is 2. The fourth-order valence-electron chi connectivity index (χ4n) is 4.41. The van der Waals surface area contributed by atoms with Gasteiger partial charge in [0.2, 0.25) is 0 Å². The smallest absolute Gasteiger partial charge is 0.0568 e. The molecule has 2 fully saturated rings. The second-order valence-corrected chi connectivity index (χ2v) is 7.59. The summed E-state index contributed by atoms with van der Waals surface area (Å²) in [5, 5.41) is 12.4. The lowest BCUT2D eigenvalue weighted by molar-refractivity contribution is 0.125. The number of nitrogens with one attached hydrogen (secondary N) is 2. The highest BCUT2D eigenvalue weighted by Gasteiger charge is 2.37. The van der Waals surface area contributed by atoms with Crippen LogP contribution in [0.25, 0.3) is 5.57 Å². The average Bonchev–Trinajstić information content (AvgIpc) is 3.05. The first-order chi connectivity index (χ1) is 12.7. The topological polar surface area (TPSA) is 57.5 Å². The molecule has 0 amide bonds. The van der Waals surface area contributed by atoms with E-state index in [0.29, 0.717) is 0 Å². The first kappa shape index (κ1) is 17.1. The zero-order valence-electron chi connectivity index (χ0n) is 15.5. The number of aryl methyl sites for hydroxylation is 1. The van der Waals surface area contributed by atoms with Crippen LogP contribution in [0.1, 0.15) is 37.7 Å². The summed E-state index contributed by atoms with van der Waals surface area (Å²) in [4.78, 5) is 2.49. The van der Waals surface area contributed by atoms with Crippen LogP contribution in [0, 0.1) is 0 Å². The van der Waals surface area contributed by atoms with E-state index >= 15 is 0 Å². The van der Waals surface area contributed by atoms with E-state index in [-0.39, 0.29) is 5.54 Å². The van der Waals surface area contributed by atoms with Crippen molar-refractivity contribution in [3.05, 3.63) is 48.1 Å². The lowest BCUT2D eigenvalue weighted by Crippen LogP contribution is -2.58. The zero-order valence-corrected chi connectivity index (χ0v) is 15.5. The Morgan fingerprint density at radius 1 is 1.23 bits per heavy atom. The van der Waals surface area contributed by atoms with Gasteiger partial charge < -0.3 is 10.2 Å². The first-order valence-electron chi connectivity index (χ1n) is 9.55. The number of likely N-dealkylation sites (tertiary alicyclic amines) is 1. The Morgan fingerprint density at radius 3 is 2.88 bits per heavy atom. The second kappa shape index (κ2) is 7.11. The van der Waals surface area contributed by atoms with Crippen molar-refractivity contribution >= 4 is 11.8 Å². The summed E-state index contributed by atoms with van der Waals surface area (Å²) < 4.78 is 1.82. The van der Waals surface area contributed by atoms with Crippen LogP contribution in [-0.2, 0) is 7.05 Å². The first-order valence-corrected chi connectivity index (χ1v) is 9.55. The normalized spacial score (nSPS) is 30.0. The monoisotopic (exact) mass is 352 g/mol. The van der Waals surface area contributed by atoms with E-state index in [1.54, 1.807) is 0 Å². The van der Waals surface area contributed by atoms with Crippen molar-refractivity contribution in [1.82, 2.24) is 25.4 Å². The fraction of sp³-hybridized carbons (Fsp3) is 0.500. The minimum Gasteiger partial charge on any atom is -0.369 e. The van der Waals surface area contributed by atoms with Gasteiger partial charge in [-0.05, 0) is 38.3 Å². The molecule has 1 aromatic heterocycles. The van der Waals surface area contributed by atoms with Crippen molar-refractivity contribution in [2.75, 3.05) is 19.6 Å². The third kappa shape index (κ3) is 3.33. The molecule has 0 aromatic carbocycles. The Balaban J connectivity index is 1.61. The Kier molecular flexibility index (Phi) is 4.68. The number of hydrogen-bond acceptors (Lipinski definition) is 5. The molecule has 3 aliphatic rings. The van der Waals surface area contributed by atoms with Gasteiger partial charge in [-0.15, -0.1) is 0 Å². The maximum Gasteiger partial charge on any atom is 0.0568 e. The SMILES string of the molecule is C=C1C(N2CCCC3(CCCCN3)C2)=C/C=N\N/C=C\1c1cnn(C)c1. The predicted octanol–water partition coefficient (Wildman–Crippen LogP) is 2.40. The molecule has 4 rings (SSSR count). The molecule has 0 aliphatic carbocycles. The van der Waals surface area contributed by atoms with Crippen LogP contribution in [0.3, 0.4) is 0 Å². The van der Waals surface area contributed by atoms with Crippen molar-refractivity contribution in [2.24, 2.45) is 12.1 Å². The van der Waals surface area contributed by atoms with E-state index in [1.807, 2.05) is 36.5 Å². The summed E-state index contributed by atoms with van der Waals surface area (Å²) in [5.41, 5.74) is 7.52. The minimum absolute atomic E-state index is 0.257. The Hall–Kier alpha value is -2.34. The lowest BCUT2D eigenvalue weighted by atomic mass is 9.81. The van der Waals surface area contributed by atoms with Gasteiger partial charge in [0, 0.05) is 66.7 Å². The van der Waals surface area contributed by atoms with Gasteiger partial charge in [-0.1, -0.05) is 13.0 Å². The maximum atomic E-state index is 4.44. The van der Waals surface area contributed by atoms with Gasteiger partial charge in [0.15, 0.2) is 0 Å². The van der Waals surface area contributed by atoms with Crippen molar-refractivity contribution in [1.29, 1.82) is 0 Å². The summed E-state index contributed by atoms with van der Waals surface area (Å²) in [5.74, 6) is 0. The summed E-state index contributed by atoms with van der Waals surface area (Å²) in [6.45, 7) is 7.68. The highest BCUT2D eigenvalue weighted by Crippen LogP contribution is 2.35. The van der Waals surface area contributed by atoms with Crippen molar-refractivity contribution < 1.29 is 0 Å². The van der Waals surface area contributed by atoms with Gasteiger partial charge in [0.05, 0.1) is 6.20 Å². The molecule has 2 N–H and O–H groups in total. The van der Waals surface area contributed by atoms with E-state index in [4.69, 9.17) is 0 Å². The van der Waals surface area contributed by atoms with Gasteiger partial charge in [-0.3, -0.25) is 10.1 Å². The minimum atomic E-state index is 0.257. The molecule has 2 saturated heterocycles. The van der Waals surface area contributed by atoms with E-state index in [2.05, 4.69) is 38.5 Å². The highest BCUT2D eigenvalue weighted by atomic mass is 15.3. The van der Waals surface area contributed by atoms with Crippen LogP contribution in [0.15, 0.2) is 47.6 Å². The van der Waals surface area contributed by atoms with Crippen LogP contribution in [0.2, 0.25) is 0 Å². The van der Waals surface area contributed by atoms with Crippen LogP contribution in [-0.4, -0.2) is 46.1 Å². The molecule has 0 saturated carbocycles. The molecule has 4 heterocycles. The maximum absolute atomic E-state index is 4.44. The Labute approximate surface area is 155 Å². The molecule has 1 spiro atoms. The molecule has 0 radical (unpaired) electrons. The molecule has 1 aromatic rings. The molecule has 6 heteroatoms. The number of aromatic nitrogens is 2. The number of piperidine rings is 2. The van der Waals surface area contributed by atoms with Gasteiger partial charge in [-0.25, -0.2) is 0 Å². The molecule has 1 atom stereocenters. The fourth-order valence-corrected chi connectivity index (χ4v) is 4.41. The number of rotatable bonds is 2. The average molecular weight is 352 g/mol. The largest absolute Gasteiger partial charge is 0.369 e. The molecular formula is C20H28N6. The summed E-state index contributed by atoms with van der Waals surface area (Å²) in [6.07, 6.45) is 16.1. The van der Waals surface area contributed by atoms with Crippen molar-refractivity contribution in [2.45, 2.75) is 37.6 Å². The predicted molar refractivity (Wildman–Crippen MR) is 105 cm³/mol. The molecule has 1 unspecified atom stereocenters. The van der Waals surface area contributed by atoms with E-state index < -0.39 is 0 Å². The molecular weight excluding hydrogens is 324 g/mol. The van der Waals surface area contributed by atoms with Crippen LogP contribution < -0.4 is 10.7 Å². The van der Waals surface area contributed by atoms with Crippen LogP contribution in [0.4, 0.5) is 0 Å². The van der Waals surface area contributed by atoms with E-state index in [0.717, 1.165) is 42.0 Å². The molecule has 0 bridgehead atoms. The number of hydrazone groups is 1. The quantitative estimate of drug-likeness (QED) is 0.858. The second-order valence-electron chi connectivity index (χ2n) is 7.59. The van der Waals surface area contributed by atoms with E-state index in [1.165, 1.54) is 32.1 Å². The Bertz CT molecular complexity index is 758. The van der Waals surface area contributed by atoms with Gasteiger partial charge >= 0.3 is 0 Å². The zero-order chi connectivity index (χ0) is 18.0. The Morgan fingerprint density at radius 2 is 2.12 bits per heavy atom. The van der Waals surface area contributed by atoms with Crippen molar-refractivity contribution in [3.63, 3.8) is 0 Å².